The molecule has 0 aliphatic heterocycles. The Hall–Kier alpha value is -2.31. The SMILES string of the molecule is CC(C)(C)NCC(=O)CNCC(=O)OC1CCC2(C)C(=CCC3C2CCC2(C)C(c4cccnc4)=CCC32)C1. The number of fused-ring (bicyclic) bond motifs is 5. The molecular formula is C33H47N3O3. The van der Waals surface area contributed by atoms with Gasteiger partial charge in [-0.25, -0.2) is 0 Å². The lowest BCUT2D eigenvalue weighted by molar-refractivity contribution is -0.150. The van der Waals surface area contributed by atoms with Crippen LogP contribution >= 0.6 is 0 Å². The molecule has 2 N–H and O–H groups in total. The second kappa shape index (κ2) is 10.9. The van der Waals surface area contributed by atoms with Crippen LogP contribution in [-0.4, -0.2) is 48.0 Å². The fraction of sp³-hybridized carbons (Fsp3) is 0.667. The Labute approximate surface area is 234 Å². The number of allylic oxidation sites excluding steroid dienone is 3. The van der Waals surface area contributed by atoms with Gasteiger partial charge in [-0.1, -0.05) is 37.6 Å². The molecule has 0 bridgehead atoms. The molecule has 6 heteroatoms. The smallest absolute Gasteiger partial charge is 0.320 e. The summed E-state index contributed by atoms with van der Waals surface area (Å²) in [6.45, 7) is 11.6. The number of ether oxygens (including phenoxy) is 1. The lowest BCUT2D eigenvalue weighted by atomic mass is 9.47. The summed E-state index contributed by atoms with van der Waals surface area (Å²) in [7, 11) is 0. The van der Waals surface area contributed by atoms with Crippen LogP contribution in [0.5, 0.6) is 0 Å². The third-order valence-corrected chi connectivity index (χ3v) is 10.3. The number of ketones is 1. The van der Waals surface area contributed by atoms with E-state index in [2.05, 4.69) is 53.7 Å². The lowest BCUT2D eigenvalue weighted by Gasteiger charge is -2.57. The molecule has 1 aromatic rings. The highest BCUT2D eigenvalue weighted by Gasteiger charge is 2.57. The van der Waals surface area contributed by atoms with E-state index in [-0.39, 0.29) is 47.3 Å². The first-order chi connectivity index (χ1) is 18.5. The first kappa shape index (κ1) is 28.2. The van der Waals surface area contributed by atoms with Crippen LogP contribution in [0.2, 0.25) is 0 Å². The molecule has 212 valence electrons. The molecule has 1 aromatic heterocycles. The largest absolute Gasteiger partial charge is 0.461 e. The van der Waals surface area contributed by atoms with E-state index in [1.165, 1.54) is 36.0 Å². The van der Waals surface area contributed by atoms with Crippen molar-refractivity contribution in [2.45, 2.75) is 91.2 Å². The zero-order chi connectivity index (χ0) is 27.8. The average molecular weight is 534 g/mol. The van der Waals surface area contributed by atoms with Gasteiger partial charge in [0.1, 0.15) is 6.10 Å². The van der Waals surface area contributed by atoms with Gasteiger partial charge in [-0.05, 0) is 105 Å². The van der Waals surface area contributed by atoms with Crippen molar-refractivity contribution in [2.75, 3.05) is 19.6 Å². The fourth-order valence-corrected chi connectivity index (χ4v) is 8.22. The van der Waals surface area contributed by atoms with Crippen LogP contribution < -0.4 is 10.6 Å². The van der Waals surface area contributed by atoms with Gasteiger partial charge < -0.3 is 15.4 Å². The third-order valence-electron chi connectivity index (χ3n) is 10.3. The van der Waals surface area contributed by atoms with Gasteiger partial charge in [0.05, 0.1) is 19.6 Å². The number of rotatable bonds is 8. The summed E-state index contributed by atoms with van der Waals surface area (Å²) >= 11 is 0. The van der Waals surface area contributed by atoms with Gasteiger partial charge >= 0.3 is 5.97 Å². The van der Waals surface area contributed by atoms with Crippen LogP contribution in [0.25, 0.3) is 5.57 Å². The highest BCUT2D eigenvalue weighted by Crippen LogP contribution is 2.66. The number of Topliss-reactive ketones (excluding diaryl/α,β-unsaturated/α-hetero) is 1. The number of nitrogens with one attached hydrogen (secondary N) is 2. The predicted octanol–water partition coefficient (Wildman–Crippen LogP) is 5.50. The quantitative estimate of drug-likeness (QED) is 0.340. The zero-order valence-electron chi connectivity index (χ0n) is 24.5. The topological polar surface area (TPSA) is 80.3 Å². The molecule has 0 radical (unpaired) electrons. The van der Waals surface area contributed by atoms with E-state index in [0.717, 1.165) is 25.7 Å². The molecule has 6 nitrogen and oxygen atoms in total. The monoisotopic (exact) mass is 533 g/mol. The van der Waals surface area contributed by atoms with Crippen molar-refractivity contribution in [2.24, 2.45) is 28.6 Å². The Morgan fingerprint density at radius 1 is 1.03 bits per heavy atom. The zero-order valence-corrected chi connectivity index (χ0v) is 24.5. The van der Waals surface area contributed by atoms with Gasteiger partial charge in [0.15, 0.2) is 5.78 Å². The van der Waals surface area contributed by atoms with Gasteiger partial charge in [0.2, 0.25) is 0 Å². The van der Waals surface area contributed by atoms with Crippen molar-refractivity contribution in [3.63, 3.8) is 0 Å². The average Bonchev–Trinajstić information content (AvgIpc) is 3.25. The Balaban J connectivity index is 1.16. The van der Waals surface area contributed by atoms with Crippen LogP contribution in [-0.2, 0) is 14.3 Å². The van der Waals surface area contributed by atoms with Crippen LogP contribution in [0.15, 0.2) is 42.3 Å². The Morgan fingerprint density at radius 3 is 2.56 bits per heavy atom. The van der Waals surface area contributed by atoms with Gasteiger partial charge in [-0.3, -0.25) is 14.6 Å². The van der Waals surface area contributed by atoms with Crippen molar-refractivity contribution in [3.05, 3.63) is 47.8 Å². The van der Waals surface area contributed by atoms with Gasteiger partial charge in [-0.15, -0.1) is 0 Å². The third kappa shape index (κ3) is 5.78. The molecule has 2 fully saturated rings. The number of carbonyl (C=O) groups is 2. The molecule has 0 spiro atoms. The number of pyridine rings is 1. The normalized spacial score (nSPS) is 33.8. The maximum atomic E-state index is 12.5. The Morgan fingerprint density at radius 2 is 1.82 bits per heavy atom. The second-order valence-corrected chi connectivity index (χ2v) is 13.9. The summed E-state index contributed by atoms with van der Waals surface area (Å²) in [5.41, 5.74) is 4.64. The summed E-state index contributed by atoms with van der Waals surface area (Å²) in [6.07, 6.45) is 16.5. The highest BCUT2D eigenvalue weighted by molar-refractivity contribution is 5.83. The van der Waals surface area contributed by atoms with Crippen LogP contribution in [0.1, 0.15) is 85.1 Å². The first-order valence-electron chi connectivity index (χ1n) is 15.0. The van der Waals surface area contributed by atoms with E-state index in [1.54, 1.807) is 0 Å². The van der Waals surface area contributed by atoms with E-state index < -0.39 is 0 Å². The molecule has 6 unspecified atom stereocenters. The molecule has 4 aliphatic rings. The second-order valence-electron chi connectivity index (χ2n) is 13.9. The number of carbonyl (C=O) groups excluding carboxylic acids is 2. The summed E-state index contributed by atoms with van der Waals surface area (Å²) in [5.74, 6) is 1.87. The predicted molar refractivity (Wildman–Crippen MR) is 155 cm³/mol. The summed E-state index contributed by atoms with van der Waals surface area (Å²) in [6, 6.07) is 4.28. The van der Waals surface area contributed by atoms with Crippen LogP contribution in [0.4, 0.5) is 0 Å². The summed E-state index contributed by atoms with van der Waals surface area (Å²) in [5, 5.41) is 6.15. The van der Waals surface area contributed by atoms with Gasteiger partial charge in [0, 0.05) is 24.4 Å². The molecule has 0 aromatic carbocycles. The standard InChI is InChI=1S/C33H47N3O3/c1-31(2,3)36-20-24(37)19-35-21-30(38)39-25-12-14-32(4)23(17-25)8-9-26-28-11-10-27(22-7-6-16-34-18-22)33(28,5)15-13-29(26)32/h6-8,10,16,18,25-26,28-29,35-36H,9,11-15,17,19-21H2,1-5H3. The molecular weight excluding hydrogens is 486 g/mol. The van der Waals surface area contributed by atoms with Crippen LogP contribution in [0.3, 0.4) is 0 Å². The van der Waals surface area contributed by atoms with Crippen molar-refractivity contribution in [3.8, 4) is 0 Å². The van der Waals surface area contributed by atoms with Crippen molar-refractivity contribution in [1.82, 2.24) is 15.6 Å². The molecule has 5 rings (SSSR count). The van der Waals surface area contributed by atoms with Gasteiger partial charge in [-0.2, -0.15) is 0 Å². The fourth-order valence-electron chi connectivity index (χ4n) is 8.22. The highest BCUT2D eigenvalue weighted by atomic mass is 16.5. The number of nitrogens with zero attached hydrogens (tertiary/aromatic N) is 1. The minimum absolute atomic E-state index is 0.0432. The molecule has 2 saturated carbocycles. The number of hydrogen-bond acceptors (Lipinski definition) is 6. The van der Waals surface area contributed by atoms with E-state index in [1.807, 2.05) is 33.2 Å². The maximum Gasteiger partial charge on any atom is 0.320 e. The molecule has 6 atom stereocenters. The summed E-state index contributed by atoms with van der Waals surface area (Å²) < 4.78 is 5.88. The van der Waals surface area contributed by atoms with Crippen LogP contribution in [0, 0.1) is 28.6 Å². The number of esters is 1. The Bertz CT molecular complexity index is 1140. The van der Waals surface area contributed by atoms with E-state index in [4.69, 9.17) is 4.74 Å². The lowest BCUT2D eigenvalue weighted by Crippen LogP contribution is -2.50. The first-order valence-corrected chi connectivity index (χ1v) is 15.0. The number of aromatic nitrogens is 1. The van der Waals surface area contributed by atoms with Crippen molar-refractivity contribution >= 4 is 17.3 Å². The summed E-state index contributed by atoms with van der Waals surface area (Å²) in [4.78, 5) is 29.0. The van der Waals surface area contributed by atoms with E-state index >= 15 is 0 Å². The Kier molecular flexibility index (Phi) is 7.91. The van der Waals surface area contributed by atoms with Crippen molar-refractivity contribution in [1.29, 1.82) is 0 Å². The molecule has 0 amide bonds. The molecule has 0 saturated heterocycles. The van der Waals surface area contributed by atoms with Crippen molar-refractivity contribution < 1.29 is 14.3 Å². The maximum absolute atomic E-state index is 12.5. The molecule has 1 heterocycles. The van der Waals surface area contributed by atoms with E-state index in [9.17, 15) is 9.59 Å². The van der Waals surface area contributed by atoms with Gasteiger partial charge in [0.25, 0.3) is 0 Å². The minimum Gasteiger partial charge on any atom is -0.461 e. The number of hydrogen-bond donors (Lipinski definition) is 2. The molecule has 39 heavy (non-hydrogen) atoms. The van der Waals surface area contributed by atoms with E-state index in [0.29, 0.717) is 24.3 Å². The minimum atomic E-state index is -0.261. The molecule has 4 aliphatic carbocycles.